The van der Waals surface area contributed by atoms with Gasteiger partial charge in [-0.05, 0) is 69.9 Å². The molecule has 186 valence electrons. The molecule has 0 atom stereocenters. The molecule has 0 N–H and O–H groups in total. The van der Waals surface area contributed by atoms with Crippen molar-refractivity contribution in [1.82, 2.24) is 4.90 Å². The summed E-state index contributed by atoms with van der Waals surface area (Å²) < 4.78 is 11.5. The summed E-state index contributed by atoms with van der Waals surface area (Å²) in [6.07, 6.45) is 1.66. The number of carbonyl (C=O) groups is 2. The predicted octanol–water partition coefficient (Wildman–Crippen LogP) is 7.63. The summed E-state index contributed by atoms with van der Waals surface area (Å²) in [5.41, 5.74) is 3.72. The lowest BCUT2D eigenvalue weighted by atomic mass is 10.0. The van der Waals surface area contributed by atoms with Crippen molar-refractivity contribution >= 4 is 51.4 Å². The van der Waals surface area contributed by atoms with Gasteiger partial charge in [-0.25, -0.2) is 0 Å². The molecule has 0 aromatic heterocycles. The van der Waals surface area contributed by atoms with Gasteiger partial charge in [-0.15, -0.1) is 0 Å². The number of carbonyl (C=O) groups excluding carboxylic acids is 2. The molecule has 2 amide bonds. The lowest BCUT2D eigenvalue weighted by molar-refractivity contribution is -0.123. The zero-order valence-electron chi connectivity index (χ0n) is 20.4. The number of benzene rings is 4. The molecule has 37 heavy (non-hydrogen) atoms. The second-order valence-corrected chi connectivity index (χ2v) is 10.1. The number of amides is 2. The Bertz CT molecular complexity index is 1540. The van der Waals surface area contributed by atoms with Crippen molar-refractivity contribution < 1.29 is 19.1 Å². The van der Waals surface area contributed by atoms with Crippen LogP contribution < -0.4 is 9.47 Å². The molecule has 0 aliphatic carbocycles. The van der Waals surface area contributed by atoms with Crippen LogP contribution in [0.4, 0.5) is 4.79 Å². The molecular formula is C30H24ClNO4S. The van der Waals surface area contributed by atoms with Crippen LogP contribution in [0.2, 0.25) is 5.02 Å². The highest BCUT2D eigenvalue weighted by Gasteiger charge is 2.35. The van der Waals surface area contributed by atoms with Crippen LogP contribution >= 0.6 is 23.4 Å². The minimum absolute atomic E-state index is 0.207. The van der Waals surface area contributed by atoms with Gasteiger partial charge in [0.1, 0.15) is 6.61 Å². The molecule has 0 saturated carbocycles. The van der Waals surface area contributed by atoms with Crippen LogP contribution in [0.3, 0.4) is 0 Å². The third-order valence-electron chi connectivity index (χ3n) is 6.26. The van der Waals surface area contributed by atoms with Gasteiger partial charge in [-0.3, -0.25) is 14.5 Å². The maximum absolute atomic E-state index is 13.2. The number of rotatable bonds is 7. The highest BCUT2D eigenvalue weighted by Crippen LogP contribution is 2.40. The van der Waals surface area contributed by atoms with Gasteiger partial charge in [0.25, 0.3) is 11.1 Å². The Kier molecular flexibility index (Phi) is 7.22. The van der Waals surface area contributed by atoms with E-state index in [4.69, 9.17) is 21.1 Å². The van der Waals surface area contributed by atoms with Crippen LogP contribution in [0, 0.1) is 6.92 Å². The first-order chi connectivity index (χ1) is 17.9. The molecule has 4 aromatic rings. The number of methoxy groups -OCH3 is 1. The number of nitrogens with zero attached hydrogens (tertiary/aromatic N) is 1. The van der Waals surface area contributed by atoms with E-state index in [0.29, 0.717) is 33.6 Å². The first-order valence-electron chi connectivity index (χ1n) is 11.7. The van der Waals surface area contributed by atoms with Gasteiger partial charge in [0.05, 0.1) is 23.6 Å². The lowest BCUT2D eigenvalue weighted by Gasteiger charge is -2.15. The maximum Gasteiger partial charge on any atom is 0.293 e. The highest BCUT2D eigenvalue weighted by atomic mass is 35.5. The summed E-state index contributed by atoms with van der Waals surface area (Å²) in [6, 6.07) is 25.2. The normalized spacial score (nSPS) is 14.6. The van der Waals surface area contributed by atoms with Crippen LogP contribution in [-0.2, 0) is 17.9 Å². The van der Waals surface area contributed by atoms with E-state index >= 15 is 0 Å². The number of ether oxygens (including phenoxy) is 2. The minimum atomic E-state index is -0.335. The Balaban J connectivity index is 1.37. The molecule has 1 heterocycles. The molecule has 0 radical (unpaired) electrons. The number of fused-ring (bicyclic) bond motifs is 1. The standard InChI is InChI=1S/C30H24ClNO4S/c1-19-8-3-4-10-23(19)18-36-28-25(31)14-20(15-26(28)35-2)16-27-29(33)32(30(34)37-27)17-22-12-7-11-21-9-5-6-13-24(21)22/h3-16H,17-18H2,1-2H3/b27-16-. The van der Waals surface area contributed by atoms with E-state index in [-0.39, 0.29) is 17.7 Å². The number of halogens is 1. The Hall–Kier alpha value is -3.74. The summed E-state index contributed by atoms with van der Waals surface area (Å²) in [7, 11) is 1.54. The number of hydrogen-bond donors (Lipinski definition) is 0. The van der Waals surface area contributed by atoms with Crippen molar-refractivity contribution in [2.75, 3.05) is 7.11 Å². The van der Waals surface area contributed by atoms with E-state index in [0.717, 1.165) is 39.2 Å². The van der Waals surface area contributed by atoms with E-state index in [1.54, 1.807) is 18.2 Å². The average Bonchev–Trinajstić information content (AvgIpc) is 3.16. The molecule has 0 spiro atoms. The molecular weight excluding hydrogens is 506 g/mol. The monoisotopic (exact) mass is 529 g/mol. The topological polar surface area (TPSA) is 55.8 Å². The smallest absolute Gasteiger partial charge is 0.293 e. The molecule has 1 aliphatic heterocycles. The Morgan fingerprint density at radius 3 is 2.49 bits per heavy atom. The second kappa shape index (κ2) is 10.7. The minimum Gasteiger partial charge on any atom is -0.493 e. The van der Waals surface area contributed by atoms with E-state index in [1.165, 1.54) is 12.0 Å². The summed E-state index contributed by atoms with van der Waals surface area (Å²) in [6.45, 7) is 2.57. The number of hydrogen-bond acceptors (Lipinski definition) is 5. The van der Waals surface area contributed by atoms with Gasteiger partial charge in [-0.1, -0.05) is 78.3 Å². The zero-order chi connectivity index (χ0) is 25.9. The molecule has 1 fully saturated rings. The van der Waals surface area contributed by atoms with E-state index in [2.05, 4.69) is 0 Å². The molecule has 0 bridgehead atoms. The third kappa shape index (κ3) is 5.22. The van der Waals surface area contributed by atoms with Gasteiger partial charge in [0.15, 0.2) is 11.5 Å². The number of thioether (sulfide) groups is 1. The van der Waals surface area contributed by atoms with Crippen LogP contribution in [0.5, 0.6) is 11.5 Å². The van der Waals surface area contributed by atoms with Crippen molar-refractivity contribution in [3.05, 3.63) is 111 Å². The molecule has 5 rings (SSSR count). The van der Waals surface area contributed by atoms with Crippen molar-refractivity contribution in [3.63, 3.8) is 0 Å². The predicted molar refractivity (Wildman–Crippen MR) is 149 cm³/mol. The Labute approximate surface area is 224 Å². The fourth-order valence-electron chi connectivity index (χ4n) is 4.27. The fraction of sp³-hybridized carbons (Fsp3) is 0.133. The van der Waals surface area contributed by atoms with E-state index in [9.17, 15) is 9.59 Å². The summed E-state index contributed by atoms with van der Waals surface area (Å²) in [5.74, 6) is 0.536. The van der Waals surface area contributed by atoms with Crippen molar-refractivity contribution in [2.24, 2.45) is 0 Å². The first-order valence-corrected chi connectivity index (χ1v) is 12.9. The summed E-state index contributed by atoms with van der Waals surface area (Å²) in [5, 5.41) is 2.13. The highest BCUT2D eigenvalue weighted by molar-refractivity contribution is 8.18. The van der Waals surface area contributed by atoms with Crippen LogP contribution in [0.25, 0.3) is 16.8 Å². The maximum atomic E-state index is 13.2. The van der Waals surface area contributed by atoms with Crippen LogP contribution in [0.1, 0.15) is 22.3 Å². The van der Waals surface area contributed by atoms with Crippen molar-refractivity contribution in [1.29, 1.82) is 0 Å². The molecule has 1 aliphatic rings. The first kappa shape index (κ1) is 24.9. The molecule has 4 aromatic carbocycles. The molecule has 5 nitrogen and oxygen atoms in total. The third-order valence-corrected chi connectivity index (χ3v) is 7.45. The lowest BCUT2D eigenvalue weighted by Crippen LogP contribution is -2.27. The van der Waals surface area contributed by atoms with Gasteiger partial charge in [0.2, 0.25) is 0 Å². The van der Waals surface area contributed by atoms with Crippen LogP contribution in [-0.4, -0.2) is 23.2 Å². The van der Waals surface area contributed by atoms with E-state index in [1.807, 2.05) is 73.7 Å². The molecule has 0 unspecified atom stereocenters. The summed E-state index contributed by atoms with van der Waals surface area (Å²) >= 11 is 7.48. The van der Waals surface area contributed by atoms with Crippen molar-refractivity contribution in [3.8, 4) is 11.5 Å². The fourth-order valence-corrected chi connectivity index (χ4v) is 5.39. The van der Waals surface area contributed by atoms with Crippen LogP contribution in [0.15, 0.2) is 83.8 Å². The quantitative estimate of drug-likeness (QED) is 0.230. The Morgan fingerprint density at radius 2 is 1.68 bits per heavy atom. The van der Waals surface area contributed by atoms with Gasteiger partial charge >= 0.3 is 0 Å². The van der Waals surface area contributed by atoms with Crippen molar-refractivity contribution in [2.45, 2.75) is 20.1 Å². The largest absolute Gasteiger partial charge is 0.493 e. The average molecular weight is 530 g/mol. The van der Waals surface area contributed by atoms with Gasteiger partial charge < -0.3 is 9.47 Å². The molecule has 1 saturated heterocycles. The van der Waals surface area contributed by atoms with E-state index < -0.39 is 0 Å². The molecule has 7 heteroatoms. The summed E-state index contributed by atoms with van der Waals surface area (Å²) in [4.78, 5) is 27.6. The SMILES string of the molecule is COc1cc(/C=C2\SC(=O)N(Cc3cccc4ccccc34)C2=O)cc(Cl)c1OCc1ccccc1C. The van der Waals surface area contributed by atoms with Gasteiger partial charge in [0, 0.05) is 0 Å². The Morgan fingerprint density at radius 1 is 0.946 bits per heavy atom. The second-order valence-electron chi connectivity index (χ2n) is 8.66. The number of aryl methyl sites for hydroxylation is 1. The zero-order valence-corrected chi connectivity index (χ0v) is 21.9. The van der Waals surface area contributed by atoms with Gasteiger partial charge in [-0.2, -0.15) is 0 Å². The number of imide groups is 1.